The molecule has 1 N–H and O–H groups in total. The van der Waals surface area contributed by atoms with Crippen LogP contribution in [0, 0.1) is 41.4 Å². The van der Waals surface area contributed by atoms with Gasteiger partial charge in [0.1, 0.15) is 0 Å². The second kappa shape index (κ2) is 8.88. The lowest BCUT2D eigenvalue weighted by molar-refractivity contribution is 0.0454. The summed E-state index contributed by atoms with van der Waals surface area (Å²) >= 11 is 0. The van der Waals surface area contributed by atoms with Gasteiger partial charge in [-0.2, -0.15) is 0 Å². The third kappa shape index (κ3) is 4.97. The molecule has 0 aromatic heterocycles. The summed E-state index contributed by atoms with van der Waals surface area (Å²) in [6.07, 6.45) is 12.9. The Kier molecular flexibility index (Phi) is 7.45. The quantitative estimate of drug-likeness (QED) is 0.608. The first-order valence-electron chi connectivity index (χ1n) is 10.6. The molecule has 2 fully saturated rings. The molecule has 0 bridgehead atoms. The van der Waals surface area contributed by atoms with Gasteiger partial charge in [0.25, 0.3) is 0 Å². The van der Waals surface area contributed by atoms with E-state index in [2.05, 4.69) is 27.7 Å². The van der Waals surface area contributed by atoms with Crippen LogP contribution in [0.2, 0.25) is 0 Å². The number of aliphatic hydroxyl groups excluding tert-OH is 1. The molecule has 4 unspecified atom stereocenters. The SMILES string of the molecule is CCC(C1CCC(C2CCC(C)CC2)CC1)C(C)C(C)C(C)O. The minimum atomic E-state index is -0.167. The Hall–Kier alpha value is -0.0400. The zero-order chi connectivity index (χ0) is 17.0. The molecule has 2 aliphatic rings. The van der Waals surface area contributed by atoms with Crippen molar-refractivity contribution in [2.45, 2.75) is 98.5 Å². The van der Waals surface area contributed by atoms with Crippen LogP contribution in [0.15, 0.2) is 0 Å². The molecule has 0 saturated heterocycles. The molecule has 0 aromatic rings. The van der Waals surface area contributed by atoms with Crippen LogP contribution in [-0.4, -0.2) is 11.2 Å². The van der Waals surface area contributed by atoms with Crippen molar-refractivity contribution in [1.29, 1.82) is 0 Å². The molecule has 2 rings (SSSR count). The highest BCUT2D eigenvalue weighted by Gasteiger charge is 2.35. The van der Waals surface area contributed by atoms with Crippen molar-refractivity contribution in [3.8, 4) is 0 Å². The van der Waals surface area contributed by atoms with Gasteiger partial charge in [-0.1, -0.05) is 47.0 Å². The molecular formula is C22H42O. The van der Waals surface area contributed by atoms with E-state index in [1.54, 1.807) is 0 Å². The van der Waals surface area contributed by atoms with E-state index in [1.165, 1.54) is 57.8 Å². The van der Waals surface area contributed by atoms with E-state index < -0.39 is 0 Å². The summed E-state index contributed by atoms with van der Waals surface area (Å²) in [5, 5.41) is 9.97. The highest BCUT2D eigenvalue weighted by atomic mass is 16.3. The largest absolute Gasteiger partial charge is 0.393 e. The van der Waals surface area contributed by atoms with Crippen molar-refractivity contribution in [3.05, 3.63) is 0 Å². The summed E-state index contributed by atoms with van der Waals surface area (Å²) in [4.78, 5) is 0. The lowest BCUT2D eigenvalue weighted by Gasteiger charge is -2.42. The van der Waals surface area contributed by atoms with Crippen molar-refractivity contribution >= 4 is 0 Å². The maximum atomic E-state index is 9.97. The van der Waals surface area contributed by atoms with Crippen LogP contribution in [0.1, 0.15) is 92.4 Å². The molecule has 0 aromatic carbocycles. The number of rotatable bonds is 6. The minimum Gasteiger partial charge on any atom is -0.393 e. The first-order chi connectivity index (χ1) is 10.9. The van der Waals surface area contributed by atoms with Gasteiger partial charge in [-0.3, -0.25) is 0 Å². The Bertz CT molecular complexity index is 321. The Balaban J connectivity index is 1.84. The van der Waals surface area contributed by atoms with Crippen LogP contribution in [-0.2, 0) is 0 Å². The molecule has 2 saturated carbocycles. The van der Waals surface area contributed by atoms with Crippen molar-refractivity contribution in [2.75, 3.05) is 0 Å². The minimum absolute atomic E-state index is 0.167. The molecule has 1 nitrogen and oxygen atoms in total. The Labute approximate surface area is 145 Å². The average Bonchev–Trinajstić information content (AvgIpc) is 2.56. The van der Waals surface area contributed by atoms with Crippen LogP contribution < -0.4 is 0 Å². The first-order valence-corrected chi connectivity index (χ1v) is 10.6. The molecule has 136 valence electrons. The Morgan fingerprint density at radius 1 is 0.783 bits per heavy atom. The van der Waals surface area contributed by atoms with Gasteiger partial charge in [-0.05, 0) is 86.9 Å². The third-order valence-electron chi connectivity index (χ3n) is 7.89. The fraction of sp³-hybridized carbons (Fsp3) is 1.00. The highest BCUT2D eigenvalue weighted by Crippen LogP contribution is 2.45. The van der Waals surface area contributed by atoms with E-state index >= 15 is 0 Å². The molecule has 0 amide bonds. The van der Waals surface area contributed by atoms with Gasteiger partial charge < -0.3 is 5.11 Å². The van der Waals surface area contributed by atoms with Crippen molar-refractivity contribution in [1.82, 2.24) is 0 Å². The zero-order valence-electron chi connectivity index (χ0n) is 16.4. The summed E-state index contributed by atoms with van der Waals surface area (Å²) in [5.74, 6) is 5.85. The van der Waals surface area contributed by atoms with Crippen molar-refractivity contribution in [2.24, 2.45) is 41.4 Å². The number of hydrogen-bond donors (Lipinski definition) is 1. The maximum Gasteiger partial charge on any atom is 0.0540 e. The summed E-state index contributed by atoms with van der Waals surface area (Å²) in [7, 11) is 0. The van der Waals surface area contributed by atoms with Gasteiger partial charge in [0.05, 0.1) is 6.10 Å². The third-order valence-corrected chi connectivity index (χ3v) is 7.89. The van der Waals surface area contributed by atoms with E-state index in [4.69, 9.17) is 0 Å². The van der Waals surface area contributed by atoms with Crippen molar-refractivity contribution < 1.29 is 5.11 Å². The number of aliphatic hydroxyl groups is 1. The number of hydrogen-bond acceptors (Lipinski definition) is 1. The van der Waals surface area contributed by atoms with E-state index in [0.29, 0.717) is 11.8 Å². The molecule has 0 spiro atoms. The molecule has 4 atom stereocenters. The monoisotopic (exact) mass is 322 g/mol. The molecule has 0 radical (unpaired) electrons. The van der Waals surface area contributed by atoms with E-state index in [-0.39, 0.29) is 6.10 Å². The van der Waals surface area contributed by atoms with E-state index in [0.717, 1.165) is 29.6 Å². The fourth-order valence-electron chi connectivity index (χ4n) is 5.77. The van der Waals surface area contributed by atoms with Gasteiger partial charge in [0.15, 0.2) is 0 Å². The van der Waals surface area contributed by atoms with Gasteiger partial charge in [0.2, 0.25) is 0 Å². The topological polar surface area (TPSA) is 20.2 Å². The average molecular weight is 323 g/mol. The first kappa shape index (κ1) is 19.3. The van der Waals surface area contributed by atoms with E-state index in [9.17, 15) is 5.11 Å². The summed E-state index contributed by atoms with van der Waals surface area (Å²) < 4.78 is 0. The predicted octanol–water partition coefficient (Wildman–Crippen LogP) is 6.30. The van der Waals surface area contributed by atoms with Crippen LogP contribution in [0.25, 0.3) is 0 Å². The normalized spacial score (nSPS) is 37.8. The van der Waals surface area contributed by atoms with Crippen LogP contribution in [0.5, 0.6) is 0 Å². The maximum absolute atomic E-state index is 9.97. The lowest BCUT2D eigenvalue weighted by atomic mass is 9.64. The smallest absolute Gasteiger partial charge is 0.0540 e. The zero-order valence-corrected chi connectivity index (χ0v) is 16.4. The Morgan fingerprint density at radius 2 is 1.26 bits per heavy atom. The lowest BCUT2D eigenvalue weighted by Crippen LogP contribution is -2.34. The summed E-state index contributed by atoms with van der Waals surface area (Å²) in [5.41, 5.74) is 0. The molecule has 0 aliphatic heterocycles. The second-order valence-corrected chi connectivity index (χ2v) is 9.23. The molecular weight excluding hydrogens is 280 g/mol. The van der Waals surface area contributed by atoms with Gasteiger partial charge in [0, 0.05) is 0 Å². The van der Waals surface area contributed by atoms with Crippen molar-refractivity contribution in [3.63, 3.8) is 0 Å². The molecule has 1 heteroatoms. The highest BCUT2D eigenvalue weighted by molar-refractivity contribution is 4.86. The van der Waals surface area contributed by atoms with Gasteiger partial charge in [-0.15, -0.1) is 0 Å². The fourth-order valence-corrected chi connectivity index (χ4v) is 5.77. The summed E-state index contributed by atoms with van der Waals surface area (Å²) in [6, 6.07) is 0. The standard InChI is InChI=1S/C22H42O/c1-6-22(17(4)16(3)18(5)23)21-13-11-20(12-14-21)19-9-7-15(2)8-10-19/h15-23H,6-14H2,1-5H3. The Morgan fingerprint density at radius 3 is 1.70 bits per heavy atom. The second-order valence-electron chi connectivity index (χ2n) is 9.23. The molecule has 23 heavy (non-hydrogen) atoms. The summed E-state index contributed by atoms with van der Waals surface area (Å²) in [6.45, 7) is 11.4. The van der Waals surface area contributed by atoms with E-state index in [1.807, 2.05) is 6.92 Å². The van der Waals surface area contributed by atoms with Crippen LogP contribution >= 0.6 is 0 Å². The predicted molar refractivity (Wildman–Crippen MR) is 100 cm³/mol. The molecule has 2 aliphatic carbocycles. The van der Waals surface area contributed by atoms with Crippen LogP contribution in [0.4, 0.5) is 0 Å². The van der Waals surface area contributed by atoms with Gasteiger partial charge in [-0.25, -0.2) is 0 Å². The van der Waals surface area contributed by atoms with Crippen LogP contribution in [0.3, 0.4) is 0 Å². The molecule has 0 heterocycles. The van der Waals surface area contributed by atoms with Gasteiger partial charge >= 0.3 is 0 Å².